The van der Waals surface area contributed by atoms with Crippen LogP contribution in [0.3, 0.4) is 0 Å². The molecular formula is C32H35F2N5O4. The quantitative estimate of drug-likeness (QED) is 0.401. The number of carbonyl (C=O) groups excluding carboxylic acids is 1. The lowest BCUT2D eigenvalue weighted by Crippen LogP contribution is -2.47. The number of benzene rings is 2. The van der Waals surface area contributed by atoms with E-state index in [1.54, 1.807) is 55.1 Å². The molecule has 0 radical (unpaired) electrons. The van der Waals surface area contributed by atoms with Gasteiger partial charge in [0.25, 0.3) is 11.8 Å². The number of aromatic hydroxyl groups is 1. The minimum absolute atomic E-state index is 0.0356. The Kier molecular flexibility index (Phi) is 6.98. The number of terminal acetylenes is 1. The molecule has 9 nitrogen and oxygen atoms in total. The van der Waals surface area contributed by atoms with Gasteiger partial charge >= 0.3 is 6.01 Å². The van der Waals surface area contributed by atoms with Crippen LogP contribution in [0.25, 0.3) is 10.8 Å². The molecule has 6 rings (SSSR count). The third kappa shape index (κ3) is 5.34. The van der Waals surface area contributed by atoms with Crippen molar-refractivity contribution >= 4 is 22.5 Å². The number of aliphatic hydroxyl groups is 1. The first kappa shape index (κ1) is 29.1. The maximum absolute atomic E-state index is 14.4. The third-order valence-corrected chi connectivity index (χ3v) is 8.66. The number of hydrogen-bond acceptors (Lipinski definition) is 8. The van der Waals surface area contributed by atoms with E-state index in [4.69, 9.17) is 11.2 Å². The normalized spacial score (nSPS) is 24.2. The number of phenolic OH excluding ortho intramolecular Hbond substituents is 1. The fourth-order valence-corrected chi connectivity index (χ4v) is 6.52. The number of ether oxygens (including phenoxy) is 1. The standard InChI is InChI=1S/C32H35F2N5O4/c1-5-20-8-6-9-21-12-22(40)13-23(26(20)21)28(41)39-14-24-25(15-39)35-29(36-27(24)38-11-7-10-30(2,42)17-38)43-19-31(18-37(3)4)16-32(31,33)34/h1,6,8-9,12-13,40,42H,7,10-11,14-19H2,2-4H3/t30-,31-/m1/s1. The van der Waals surface area contributed by atoms with Gasteiger partial charge in [0.05, 0.1) is 35.4 Å². The van der Waals surface area contributed by atoms with E-state index >= 15 is 0 Å². The Labute approximate surface area is 249 Å². The van der Waals surface area contributed by atoms with Crippen LogP contribution in [-0.2, 0) is 13.1 Å². The first-order valence-electron chi connectivity index (χ1n) is 14.4. The van der Waals surface area contributed by atoms with Crippen LogP contribution in [0.5, 0.6) is 11.8 Å². The number of piperidine rings is 1. The second-order valence-electron chi connectivity index (χ2n) is 12.7. The highest BCUT2D eigenvalue weighted by Gasteiger charge is 2.71. The number of alkyl halides is 2. The number of aromatic nitrogens is 2. The van der Waals surface area contributed by atoms with Crippen LogP contribution in [0.15, 0.2) is 30.3 Å². The van der Waals surface area contributed by atoms with Crippen LogP contribution >= 0.6 is 0 Å². The first-order chi connectivity index (χ1) is 20.3. The van der Waals surface area contributed by atoms with Crippen LogP contribution in [0.4, 0.5) is 14.6 Å². The van der Waals surface area contributed by atoms with E-state index in [1.807, 2.05) is 4.90 Å². The van der Waals surface area contributed by atoms with Crippen LogP contribution in [0, 0.1) is 17.8 Å². The Balaban J connectivity index is 1.35. The zero-order valence-electron chi connectivity index (χ0n) is 24.5. The van der Waals surface area contributed by atoms with Crippen molar-refractivity contribution in [3.63, 3.8) is 0 Å². The Bertz CT molecular complexity index is 1650. The lowest BCUT2D eigenvalue weighted by atomic mass is 9.95. The topological polar surface area (TPSA) is 102 Å². The van der Waals surface area contributed by atoms with E-state index < -0.39 is 16.9 Å². The zero-order valence-corrected chi connectivity index (χ0v) is 24.5. The first-order valence-corrected chi connectivity index (χ1v) is 14.4. The van der Waals surface area contributed by atoms with E-state index in [1.165, 1.54) is 6.07 Å². The summed E-state index contributed by atoms with van der Waals surface area (Å²) in [5, 5.41) is 22.5. The molecule has 3 aliphatic rings. The molecule has 1 aromatic heterocycles. The summed E-state index contributed by atoms with van der Waals surface area (Å²) in [6, 6.07) is 8.25. The van der Waals surface area contributed by atoms with Gasteiger partial charge in [-0.05, 0) is 57.4 Å². The Hall–Kier alpha value is -4.01. The van der Waals surface area contributed by atoms with Crippen molar-refractivity contribution in [3.8, 4) is 24.1 Å². The van der Waals surface area contributed by atoms with E-state index in [0.29, 0.717) is 52.9 Å². The lowest BCUT2D eigenvalue weighted by molar-refractivity contribution is 0.0285. The minimum atomic E-state index is -2.84. The molecule has 226 valence electrons. The highest BCUT2D eigenvalue weighted by atomic mass is 19.3. The van der Waals surface area contributed by atoms with Crippen molar-refractivity contribution in [1.82, 2.24) is 19.8 Å². The van der Waals surface area contributed by atoms with E-state index in [-0.39, 0.29) is 55.9 Å². The largest absolute Gasteiger partial charge is 0.508 e. The molecule has 1 saturated carbocycles. The lowest BCUT2D eigenvalue weighted by Gasteiger charge is -2.38. The summed E-state index contributed by atoms with van der Waals surface area (Å²) < 4.78 is 34.7. The fraction of sp³-hybridized carbons (Fsp3) is 0.469. The predicted molar refractivity (Wildman–Crippen MR) is 157 cm³/mol. The molecule has 2 atom stereocenters. The summed E-state index contributed by atoms with van der Waals surface area (Å²) in [6.45, 7) is 2.92. The molecule has 1 saturated heterocycles. The number of phenols is 1. The summed E-state index contributed by atoms with van der Waals surface area (Å²) in [6.07, 6.45) is 6.84. The zero-order chi connectivity index (χ0) is 30.7. The molecule has 1 amide bonds. The van der Waals surface area contributed by atoms with E-state index in [2.05, 4.69) is 15.9 Å². The fourth-order valence-electron chi connectivity index (χ4n) is 6.52. The van der Waals surface area contributed by atoms with Gasteiger partial charge in [0.15, 0.2) is 0 Å². The molecule has 11 heteroatoms. The van der Waals surface area contributed by atoms with Gasteiger partial charge in [-0.3, -0.25) is 4.79 Å². The number of halogens is 2. The molecule has 2 aromatic carbocycles. The molecule has 0 unspecified atom stereocenters. The molecule has 2 N–H and O–H groups in total. The number of β-amino-alcohol motifs (C(OH)–C–C–N with tert-alkyl or cyclic N) is 1. The predicted octanol–water partition coefficient (Wildman–Crippen LogP) is 3.79. The van der Waals surface area contributed by atoms with Gasteiger partial charge in [-0.2, -0.15) is 9.97 Å². The molecule has 3 heterocycles. The SMILES string of the molecule is C#Cc1cccc2cc(O)cc(C(=O)N3Cc4nc(OC[C@]5(CN(C)C)CC5(F)F)nc(N5CCC[C@@](C)(O)C5)c4C3)c12. The Morgan fingerprint density at radius 1 is 1.23 bits per heavy atom. The number of carbonyl (C=O) groups is 1. The number of amides is 1. The smallest absolute Gasteiger partial charge is 0.318 e. The molecule has 2 fully saturated rings. The van der Waals surface area contributed by atoms with Gasteiger partial charge in [0.1, 0.15) is 18.2 Å². The Morgan fingerprint density at radius 2 is 2.00 bits per heavy atom. The van der Waals surface area contributed by atoms with Crippen molar-refractivity contribution in [2.45, 2.75) is 50.8 Å². The second kappa shape index (κ2) is 10.3. The number of fused-ring (bicyclic) bond motifs is 2. The summed E-state index contributed by atoms with van der Waals surface area (Å²) >= 11 is 0. The monoisotopic (exact) mass is 591 g/mol. The number of rotatable bonds is 7. The van der Waals surface area contributed by atoms with Gasteiger partial charge in [-0.1, -0.05) is 18.1 Å². The van der Waals surface area contributed by atoms with Crippen LogP contribution in [0.1, 0.15) is 53.4 Å². The molecule has 0 spiro atoms. The molecule has 43 heavy (non-hydrogen) atoms. The van der Waals surface area contributed by atoms with Crippen LogP contribution < -0.4 is 9.64 Å². The number of hydrogen-bond donors (Lipinski definition) is 2. The van der Waals surface area contributed by atoms with Crippen LogP contribution in [-0.4, -0.2) is 87.7 Å². The van der Waals surface area contributed by atoms with Gasteiger partial charge in [0, 0.05) is 42.6 Å². The van der Waals surface area contributed by atoms with Crippen molar-refractivity contribution < 1.29 is 28.5 Å². The maximum Gasteiger partial charge on any atom is 0.318 e. The van der Waals surface area contributed by atoms with Crippen molar-refractivity contribution in [2.24, 2.45) is 5.41 Å². The van der Waals surface area contributed by atoms with Gasteiger partial charge in [0.2, 0.25) is 0 Å². The van der Waals surface area contributed by atoms with Gasteiger partial charge in [-0.15, -0.1) is 6.42 Å². The average Bonchev–Trinajstić information content (AvgIpc) is 3.24. The van der Waals surface area contributed by atoms with E-state index in [0.717, 1.165) is 6.42 Å². The number of anilines is 1. The molecular weight excluding hydrogens is 556 g/mol. The minimum Gasteiger partial charge on any atom is -0.508 e. The maximum atomic E-state index is 14.4. The van der Waals surface area contributed by atoms with Crippen molar-refractivity contribution in [2.75, 3.05) is 45.2 Å². The second-order valence-corrected chi connectivity index (χ2v) is 12.7. The average molecular weight is 592 g/mol. The number of nitrogens with zero attached hydrogens (tertiary/aromatic N) is 5. The summed E-state index contributed by atoms with van der Waals surface area (Å²) in [4.78, 5) is 28.5. The molecule has 1 aliphatic carbocycles. The summed E-state index contributed by atoms with van der Waals surface area (Å²) in [5.74, 6) is -0.0945. The summed E-state index contributed by atoms with van der Waals surface area (Å²) in [5.41, 5.74) is -0.203. The third-order valence-electron chi connectivity index (χ3n) is 8.66. The Morgan fingerprint density at radius 3 is 2.67 bits per heavy atom. The molecule has 3 aromatic rings. The van der Waals surface area contributed by atoms with Crippen molar-refractivity contribution in [3.05, 3.63) is 52.7 Å². The van der Waals surface area contributed by atoms with Crippen LogP contribution in [0.2, 0.25) is 0 Å². The highest BCUT2D eigenvalue weighted by molar-refractivity contribution is 6.09. The van der Waals surface area contributed by atoms with Gasteiger partial charge < -0.3 is 29.6 Å². The van der Waals surface area contributed by atoms with Gasteiger partial charge in [-0.25, -0.2) is 8.78 Å². The van der Waals surface area contributed by atoms with Crippen molar-refractivity contribution in [1.29, 1.82) is 0 Å². The molecule has 0 bridgehead atoms. The summed E-state index contributed by atoms with van der Waals surface area (Å²) in [7, 11) is 3.49. The van der Waals surface area contributed by atoms with E-state index in [9.17, 15) is 23.8 Å². The highest BCUT2D eigenvalue weighted by Crippen LogP contribution is 2.60. The molecule has 2 aliphatic heterocycles.